The van der Waals surface area contributed by atoms with E-state index in [1.54, 1.807) is 34.1 Å². The highest BCUT2D eigenvalue weighted by molar-refractivity contribution is 5.81. The molecule has 7 nitrogen and oxygen atoms in total. The van der Waals surface area contributed by atoms with Crippen molar-refractivity contribution in [1.82, 2.24) is 10.6 Å². The lowest BCUT2D eigenvalue weighted by Crippen LogP contribution is -2.53. The Morgan fingerprint density at radius 1 is 1.17 bits per heavy atom. The van der Waals surface area contributed by atoms with E-state index in [9.17, 15) is 14.7 Å². The molecule has 7 heteroatoms. The highest BCUT2D eigenvalue weighted by Crippen LogP contribution is 2.27. The SMILES string of the molecule is COc1ccc(CCNC(=O)N[C@H](C(=O)[O-])C(C)C)cc1OC. The molecule has 0 aromatic heterocycles. The molecular formula is C16H23N2O5-. The number of carboxylic acids is 1. The van der Waals surface area contributed by atoms with Gasteiger partial charge in [0.25, 0.3) is 0 Å². The Morgan fingerprint density at radius 3 is 2.35 bits per heavy atom. The van der Waals surface area contributed by atoms with Crippen LogP contribution in [-0.4, -0.2) is 38.8 Å². The molecule has 128 valence electrons. The van der Waals surface area contributed by atoms with E-state index in [-0.39, 0.29) is 5.92 Å². The van der Waals surface area contributed by atoms with Crippen molar-refractivity contribution in [3.05, 3.63) is 23.8 Å². The number of rotatable bonds is 8. The van der Waals surface area contributed by atoms with Crippen LogP contribution in [0.2, 0.25) is 0 Å². The van der Waals surface area contributed by atoms with E-state index in [1.807, 2.05) is 12.1 Å². The fourth-order valence-electron chi connectivity index (χ4n) is 2.05. The number of carboxylic acid groups (broad SMARTS) is 1. The minimum atomic E-state index is -1.30. The zero-order valence-electron chi connectivity index (χ0n) is 13.8. The first-order chi connectivity index (χ1) is 10.9. The van der Waals surface area contributed by atoms with Crippen LogP contribution in [0, 0.1) is 5.92 Å². The molecule has 1 aromatic carbocycles. The van der Waals surface area contributed by atoms with E-state index in [0.717, 1.165) is 5.56 Å². The molecule has 0 bridgehead atoms. The second-order valence-electron chi connectivity index (χ2n) is 5.38. The smallest absolute Gasteiger partial charge is 0.315 e. The number of carbonyl (C=O) groups excluding carboxylic acids is 2. The van der Waals surface area contributed by atoms with Gasteiger partial charge >= 0.3 is 6.03 Å². The Labute approximate surface area is 136 Å². The quantitative estimate of drug-likeness (QED) is 0.718. The molecule has 0 spiro atoms. The molecule has 23 heavy (non-hydrogen) atoms. The summed E-state index contributed by atoms with van der Waals surface area (Å²) in [5.41, 5.74) is 0.961. The number of benzene rings is 1. The maximum absolute atomic E-state index is 11.7. The van der Waals surface area contributed by atoms with E-state index in [0.29, 0.717) is 24.5 Å². The number of ether oxygens (including phenoxy) is 2. The van der Waals surface area contributed by atoms with Gasteiger partial charge in [-0.3, -0.25) is 0 Å². The van der Waals surface area contributed by atoms with Gasteiger partial charge in [0.05, 0.1) is 26.2 Å². The summed E-state index contributed by atoms with van der Waals surface area (Å²) in [5.74, 6) is -0.298. The summed E-state index contributed by atoms with van der Waals surface area (Å²) in [7, 11) is 3.12. The molecule has 0 heterocycles. The molecule has 1 aromatic rings. The van der Waals surface area contributed by atoms with Gasteiger partial charge in [-0.1, -0.05) is 19.9 Å². The summed E-state index contributed by atoms with van der Waals surface area (Å²) in [4.78, 5) is 22.6. The highest BCUT2D eigenvalue weighted by atomic mass is 16.5. The molecule has 0 aliphatic carbocycles. The molecule has 0 aliphatic heterocycles. The van der Waals surface area contributed by atoms with Gasteiger partial charge in [-0.15, -0.1) is 0 Å². The normalized spacial score (nSPS) is 11.7. The van der Waals surface area contributed by atoms with Gasteiger partial charge in [-0.25, -0.2) is 4.79 Å². The summed E-state index contributed by atoms with van der Waals surface area (Å²) in [5, 5.41) is 15.9. The van der Waals surface area contributed by atoms with Crippen LogP contribution < -0.4 is 25.2 Å². The van der Waals surface area contributed by atoms with Crippen molar-refractivity contribution in [2.75, 3.05) is 20.8 Å². The lowest BCUT2D eigenvalue weighted by molar-refractivity contribution is -0.309. The van der Waals surface area contributed by atoms with E-state index < -0.39 is 18.0 Å². The number of nitrogens with one attached hydrogen (secondary N) is 2. The molecule has 1 atom stereocenters. The lowest BCUT2D eigenvalue weighted by atomic mass is 10.1. The molecule has 0 saturated heterocycles. The average Bonchev–Trinajstić information content (AvgIpc) is 2.51. The maximum atomic E-state index is 11.7. The van der Waals surface area contributed by atoms with Gasteiger partial charge in [-0.2, -0.15) is 0 Å². The van der Waals surface area contributed by atoms with Crippen LogP contribution in [0.5, 0.6) is 11.5 Å². The van der Waals surface area contributed by atoms with Crippen molar-refractivity contribution >= 4 is 12.0 Å². The maximum Gasteiger partial charge on any atom is 0.315 e. The minimum absolute atomic E-state index is 0.253. The van der Waals surface area contributed by atoms with Gasteiger partial charge in [0.15, 0.2) is 11.5 Å². The van der Waals surface area contributed by atoms with Crippen LogP contribution in [-0.2, 0) is 11.2 Å². The highest BCUT2D eigenvalue weighted by Gasteiger charge is 2.16. The van der Waals surface area contributed by atoms with Crippen molar-refractivity contribution in [3.8, 4) is 11.5 Å². The van der Waals surface area contributed by atoms with Crippen molar-refractivity contribution in [3.63, 3.8) is 0 Å². The number of hydrogen-bond donors (Lipinski definition) is 2. The molecule has 0 unspecified atom stereocenters. The van der Waals surface area contributed by atoms with Gasteiger partial charge in [0.2, 0.25) is 0 Å². The van der Waals surface area contributed by atoms with E-state index in [4.69, 9.17) is 9.47 Å². The predicted molar refractivity (Wildman–Crippen MR) is 83.4 cm³/mol. The molecule has 0 radical (unpaired) electrons. The topological polar surface area (TPSA) is 99.7 Å². The second kappa shape index (κ2) is 8.87. The third-order valence-electron chi connectivity index (χ3n) is 3.35. The first kappa shape index (κ1) is 18.6. The molecular weight excluding hydrogens is 300 g/mol. The van der Waals surface area contributed by atoms with Gasteiger partial charge < -0.3 is 30.0 Å². The second-order valence-corrected chi connectivity index (χ2v) is 5.38. The Morgan fingerprint density at radius 2 is 1.83 bits per heavy atom. The number of amides is 2. The summed E-state index contributed by atoms with van der Waals surface area (Å²) < 4.78 is 10.4. The van der Waals surface area contributed by atoms with Crippen molar-refractivity contribution in [2.24, 2.45) is 5.92 Å². The zero-order chi connectivity index (χ0) is 17.4. The number of methoxy groups -OCH3 is 2. The van der Waals surface area contributed by atoms with E-state index >= 15 is 0 Å². The first-order valence-corrected chi connectivity index (χ1v) is 7.35. The van der Waals surface area contributed by atoms with Crippen LogP contribution in [0.25, 0.3) is 0 Å². The summed E-state index contributed by atoms with van der Waals surface area (Å²) in [6.45, 7) is 3.76. The Kier molecular flexibility index (Phi) is 7.18. The Hall–Kier alpha value is -2.44. The van der Waals surface area contributed by atoms with Gasteiger partial charge in [-0.05, 0) is 30.0 Å². The minimum Gasteiger partial charge on any atom is -0.548 e. The Balaban J connectivity index is 2.50. The van der Waals surface area contributed by atoms with Crippen LogP contribution in [0.1, 0.15) is 19.4 Å². The van der Waals surface area contributed by atoms with Crippen LogP contribution >= 0.6 is 0 Å². The largest absolute Gasteiger partial charge is 0.548 e. The molecule has 1 rings (SSSR count). The van der Waals surface area contributed by atoms with Crippen LogP contribution in [0.4, 0.5) is 4.79 Å². The fourth-order valence-corrected chi connectivity index (χ4v) is 2.05. The van der Waals surface area contributed by atoms with Crippen LogP contribution in [0.15, 0.2) is 18.2 Å². The molecule has 2 N–H and O–H groups in total. The monoisotopic (exact) mass is 323 g/mol. The average molecular weight is 323 g/mol. The van der Waals surface area contributed by atoms with E-state index in [2.05, 4.69) is 10.6 Å². The number of carbonyl (C=O) groups is 2. The number of hydrogen-bond acceptors (Lipinski definition) is 5. The first-order valence-electron chi connectivity index (χ1n) is 7.35. The molecule has 0 aliphatic rings. The summed E-state index contributed by atoms with van der Waals surface area (Å²) in [6, 6.07) is 3.94. The van der Waals surface area contributed by atoms with Crippen molar-refractivity contribution in [1.29, 1.82) is 0 Å². The lowest BCUT2D eigenvalue weighted by Gasteiger charge is -2.23. The van der Waals surface area contributed by atoms with Gasteiger partial charge in [0, 0.05) is 6.54 Å². The zero-order valence-corrected chi connectivity index (χ0v) is 13.8. The number of aliphatic carboxylic acids is 1. The molecule has 2 amide bonds. The fraction of sp³-hybridized carbons (Fsp3) is 0.500. The summed E-state index contributed by atoms with van der Waals surface area (Å²) >= 11 is 0. The van der Waals surface area contributed by atoms with E-state index in [1.165, 1.54) is 0 Å². The van der Waals surface area contributed by atoms with Crippen molar-refractivity contribution in [2.45, 2.75) is 26.3 Å². The summed E-state index contributed by atoms with van der Waals surface area (Å²) in [6.07, 6.45) is 0.575. The molecule has 0 fully saturated rings. The third-order valence-corrected chi connectivity index (χ3v) is 3.35. The van der Waals surface area contributed by atoms with Gasteiger partial charge in [0.1, 0.15) is 0 Å². The standard InChI is InChI=1S/C16H24N2O5/c1-10(2)14(15(19)20)18-16(21)17-8-7-11-5-6-12(22-3)13(9-11)23-4/h5-6,9-10,14H,7-8H2,1-4H3,(H,19,20)(H2,17,18,21)/p-1/t14-/m0/s1. The van der Waals surface area contributed by atoms with Crippen LogP contribution in [0.3, 0.4) is 0 Å². The predicted octanol–water partition coefficient (Wildman–Crippen LogP) is 0.320. The number of urea groups is 1. The molecule has 0 saturated carbocycles. The Bertz CT molecular complexity index is 545. The third kappa shape index (κ3) is 5.69. The van der Waals surface area contributed by atoms with Crippen molar-refractivity contribution < 1.29 is 24.2 Å².